The lowest BCUT2D eigenvalue weighted by Crippen LogP contribution is -2.14. The van der Waals surface area contributed by atoms with Crippen LogP contribution in [0.2, 0.25) is 5.15 Å². The molecule has 0 unspecified atom stereocenters. The van der Waals surface area contributed by atoms with Crippen LogP contribution in [0.25, 0.3) is 0 Å². The SMILES string of the molecule is O=C(O)c1c(Cl)ncnc1C1CCCCC1. The number of carboxylic acids is 1. The van der Waals surface area contributed by atoms with E-state index in [-0.39, 0.29) is 16.6 Å². The van der Waals surface area contributed by atoms with Crippen LogP contribution in [0.5, 0.6) is 0 Å². The van der Waals surface area contributed by atoms with Crippen LogP contribution in [0.1, 0.15) is 54.1 Å². The van der Waals surface area contributed by atoms with Gasteiger partial charge in [0.15, 0.2) is 0 Å². The van der Waals surface area contributed by atoms with Gasteiger partial charge in [-0.1, -0.05) is 30.9 Å². The van der Waals surface area contributed by atoms with Crippen LogP contribution in [0.15, 0.2) is 6.33 Å². The summed E-state index contributed by atoms with van der Waals surface area (Å²) >= 11 is 5.81. The molecule has 1 aromatic heterocycles. The second-order valence-corrected chi connectivity index (χ2v) is 4.42. The molecular weight excluding hydrogens is 228 g/mol. The van der Waals surface area contributed by atoms with Crippen LogP contribution in [0.4, 0.5) is 0 Å². The summed E-state index contributed by atoms with van der Waals surface area (Å²) in [7, 11) is 0. The summed E-state index contributed by atoms with van der Waals surface area (Å²) in [6, 6.07) is 0. The second-order valence-electron chi connectivity index (χ2n) is 4.06. The quantitative estimate of drug-likeness (QED) is 0.808. The molecule has 0 bridgehead atoms. The van der Waals surface area contributed by atoms with Crippen LogP contribution in [0.3, 0.4) is 0 Å². The maximum atomic E-state index is 11.1. The van der Waals surface area contributed by atoms with Gasteiger partial charge in [0.1, 0.15) is 17.0 Å². The van der Waals surface area contributed by atoms with E-state index < -0.39 is 5.97 Å². The predicted molar refractivity (Wildman–Crippen MR) is 59.8 cm³/mol. The first-order chi connectivity index (χ1) is 7.70. The van der Waals surface area contributed by atoms with Crippen molar-refractivity contribution in [2.24, 2.45) is 0 Å². The van der Waals surface area contributed by atoms with E-state index in [0.717, 1.165) is 25.7 Å². The maximum absolute atomic E-state index is 11.1. The van der Waals surface area contributed by atoms with Gasteiger partial charge in [0.2, 0.25) is 0 Å². The van der Waals surface area contributed by atoms with Gasteiger partial charge in [-0.2, -0.15) is 0 Å². The van der Waals surface area contributed by atoms with Gasteiger partial charge in [-0.25, -0.2) is 14.8 Å². The molecule has 1 fully saturated rings. The lowest BCUT2D eigenvalue weighted by atomic mass is 9.85. The predicted octanol–water partition coefficient (Wildman–Crippen LogP) is 2.88. The molecular formula is C11H13ClN2O2. The van der Waals surface area contributed by atoms with Crippen LogP contribution < -0.4 is 0 Å². The topological polar surface area (TPSA) is 63.1 Å². The molecule has 1 saturated carbocycles. The monoisotopic (exact) mass is 240 g/mol. The minimum atomic E-state index is -1.04. The van der Waals surface area contributed by atoms with Crippen molar-refractivity contribution in [3.8, 4) is 0 Å². The Morgan fingerprint density at radius 3 is 2.62 bits per heavy atom. The van der Waals surface area contributed by atoms with Gasteiger partial charge in [0, 0.05) is 5.92 Å². The Morgan fingerprint density at radius 2 is 2.00 bits per heavy atom. The first-order valence-corrected chi connectivity index (χ1v) is 5.81. The van der Waals surface area contributed by atoms with Crippen LogP contribution in [0, 0.1) is 0 Å². The van der Waals surface area contributed by atoms with Crippen LogP contribution in [-0.4, -0.2) is 21.0 Å². The molecule has 2 rings (SSSR count). The molecule has 0 radical (unpaired) electrons. The number of hydrogen-bond acceptors (Lipinski definition) is 3. The third kappa shape index (κ3) is 2.16. The number of aromatic carboxylic acids is 1. The summed E-state index contributed by atoms with van der Waals surface area (Å²) in [5, 5.41) is 9.16. The molecule has 1 aromatic rings. The van der Waals surface area contributed by atoms with E-state index >= 15 is 0 Å². The number of rotatable bonds is 2. The highest BCUT2D eigenvalue weighted by Crippen LogP contribution is 2.34. The second kappa shape index (κ2) is 4.78. The van der Waals surface area contributed by atoms with Gasteiger partial charge >= 0.3 is 5.97 Å². The van der Waals surface area contributed by atoms with Crippen molar-refractivity contribution in [2.75, 3.05) is 0 Å². The van der Waals surface area contributed by atoms with Crippen molar-refractivity contribution in [1.29, 1.82) is 0 Å². The van der Waals surface area contributed by atoms with E-state index in [4.69, 9.17) is 16.7 Å². The fraction of sp³-hybridized carbons (Fsp3) is 0.545. The number of halogens is 1. The third-order valence-electron chi connectivity index (χ3n) is 3.04. The summed E-state index contributed by atoms with van der Waals surface area (Å²) in [5.74, 6) is -0.813. The molecule has 86 valence electrons. The molecule has 5 heteroatoms. The number of carboxylic acid groups (broad SMARTS) is 1. The van der Waals surface area contributed by atoms with Crippen molar-refractivity contribution >= 4 is 17.6 Å². The standard InChI is InChI=1S/C11H13ClN2O2/c12-10-8(11(15)16)9(13-6-14-10)7-4-2-1-3-5-7/h6-7H,1-5H2,(H,15,16). The van der Waals surface area contributed by atoms with E-state index in [1.807, 2.05) is 0 Å². The van der Waals surface area contributed by atoms with Crippen molar-refractivity contribution in [3.05, 3.63) is 22.7 Å². The highest BCUT2D eigenvalue weighted by Gasteiger charge is 2.25. The van der Waals surface area contributed by atoms with Gasteiger partial charge in [0.25, 0.3) is 0 Å². The Hall–Kier alpha value is -1.16. The zero-order valence-electron chi connectivity index (χ0n) is 8.82. The normalized spacial score (nSPS) is 17.3. The molecule has 1 aliphatic carbocycles. The molecule has 1 aliphatic rings. The third-order valence-corrected chi connectivity index (χ3v) is 3.32. The molecule has 0 aliphatic heterocycles. The summed E-state index contributed by atoms with van der Waals surface area (Å²) in [6.07, 6.45) is 6.81. The number of nitrogens with zero attached hydrogens (tertiary/aromatic N) is 2. The molecule has 1 heterocycles. The van der Waals surface area contributed by atoms with E-state index in [2.05, 4.69) is 9.97 Å². The number of hydrogen-bond donors (Lipinski definition) is 1. The van der Waals surface area contributed by atoms with E-state index in [9.17, 15) is 4.79 Å². The average molecular weight is 241 g/mol. The molecule has 1 N–H and O–H groups in total. The Morgan fingerprint density at radius 1 is 1.31 bits per heavy atom. The molecule has 0 atom stereocenters. The molecule has 0 saturated heterocycles. The molecule has 16 heavy (non-hydrogen) atoms. The summed E-state index contributed by atoms with van der Waals surface area (Å²) in [5.41, 5.74) is 0.684. The largest absolute Gasteiger partial charge is 0.478 e. The minimum Gasteiger partial charge on any atom is -0.478 e. The van der Waals surface area contributed by atoms with E-state index in [1.54, 1.807) is 0 Å². The first kappa shape index (κ1) is 11.3. The lowest BCUT2D eigenvalue weighted by molar-refractivity contribution is 0.0693. The number of carbonyl (C=O) groups is 1. The number of aromatic nitrogens is 2. The zero-order chi connectivity index (χ0) is 11.5. The Labute approximate surface area is 98.7 Å². The smallest absolute Gasteiger partial charge is 0.340 e. The van der Waals surface area contributed by atoms with Gasteiger partial charge in [-0.15, -0.1) is 0 Å². The molecule has 0 aromatic carbocycles. The Kier molecular flexibility index (Phi) is 3.39. The Balaban J connectivity index is 2.38. The maximum Gasteiger partial charge on any atom is 0.340 e. The Bertz CT molecular complexity index is 403. The molecule has 0 spiro atoms. The summed E-state index contributed by atoms with van der Waals surface area (Å²) < 4.78 is 0. The summed E-state index contributed by atoms with van der Waals surface area (Å²) in [4.78, 5) is 19.0. The van der Waals surface area contributed by atoms with Crippen molar-refractivity contribution < 1.29 is 9.90 Å². The van der Waals surface area contributed by atoms with Crippen LogP contribution in [-0.2, 0) is 0 Å². The summed E-state index contributed by atoms with van der Waals surface area (Å²) in [6.45, 7) is 0. The van der Waals surface area contributed by atoms with Crippen LogP contribution >= 0.6 is 11.6 Å². The first-order valence-electron chi connectivity index (χ1n) is 5.44. The van der Waals surface area contributed by atoms with E-state index in [0.29, 0.717) is 5.69 Å². The zero-order valence-corrected chi connectivity index (χ0v) is 9.57. The molecule has 0 amide bonds. The highest BCUT2D eigenvalue weighted by atomic mass is 35.5. The van der Waals surface area contributed by atoms with Crippen molar-refractivity contribution in [3.63, 3.8) is 0 Å². The van der Waals surface area contributed by atoms with Crippen molar-refractivity contribution in [1.82, 2.24) is 9.97 Å². The average Bonchev–Trinajstić information content (AvgIpc) is 2.29. The van der Waals surface area contributed by atoms with Gasteiger partial charge in [-0.3, -0.25) is 0 Å². The fourth-order valence-electron chi connectivity index (χ4n) is 2.26. The molecule has 4 nitrogen and oxygen atoms in total. The lowest BCUT2D eigenvalue weighted by Gasteiger charge is -2.22. The fourth-order valence-corrected chi connectivity index (χ4v) is 2.48. The van der Waals surface area contributed by atoms with Gasteiger partial charge in [-0.05, 0) is 12.8 Å². The minimum absolute atomic E-state index is 0.0445. The highest BCUT2D eigenvalue weighted by molar-refractivity contribution is 6.32. The van der Waals surface area contributed by atoms with Gasteiger partial charge in [0.05, 0.1) is 5.69 Å². The van der Waals surface area contributed by atoms with Crippen molar-refractivity contribution in [2.45, 2.75) is 38.0 Å². The van der Waals surface area contributed by atoms with Gasteiger partial charge < -0.3 is 5.11 Å². The van der Waals surface area contributed by atoms with E-state index in [1.165, 1.54) is 12.7 Å².